The summed E-state index contributed by atoms with van der Waals surface area (Å²) in [6.45, 7) is 3.06. The molecule has 21 heavy (non-hydrogen) atoms. The number of carbonyl (C=O) groups is 1. The molecule has 0 radical (unpaired) electrons. The van der Waals surface area contributed by atoms with Crippen LogP contribution in [0, 0.1) is 0 Å². The Balaban J connectivity index is 1.87. The van der Waals surface area contributed by atoms with E-state index in [1.807, 2.05) is 4.90 Å². The van der Waals surface area contributed by atoms with Crippen molar-refractivity contribution in [2.75, 3.05) is 57.6 Å². The molecule has 0 bridgehead atoms. The van der Waals surface area contributed by atoms with E-state index in [2.05, 4.69) is 20.6 Å². The van der Waals surface area contributed by atoms with Gasteiger partial charge < -0.3 is 25.0 Å². The molecule has 1 aliphatic heterocycles. The number of methoxy groups -OCH3 is 1. The van der Waals surface area contributed by atoms with Gasteiger partial charge in [0, 0.05) is 33.1 Å². The first-order valence-electron chi connectivity index (χ1n) is 6.92. The van der Waals surface area contributed by atoms with Crippen molar-refractivity contribution in [3.8, 4) is 5.75 Å². The number of ether oxygens (including phenoxy) is 2. The second kappa shape index (κ2) is 7.63. The summed E-state index contributed by atoms with van der Waals surface area (Å²) < 4.78 is 10.5. The third-order valence-corrected chi connectivity index (χ3v) is 3.24. The van der Waals surface area contributed by atoms with Gasteiger partial charge in [0.2, 0.25) is 11.7 Å². The van der Waals surface area contributed by atoms with Gasteiger partial charge in [-0.2, -0.15) is 0 Å². The van der Waals surface area contributed by atoms with Crippen LogP contribution in [0.1, 0.15) is 6.42 Å². The maximum atomic E-state index is 12.0. The van der Waals surface area contributed by atoms with Gasteiger partial charge in [-0.05, 0) is 0 Å². The molecule has 0 aromatic carbocycles. The number of hydrogen-bond acceptors (Lipinski definition) is 7. The first kappa shape index (κ1) is 15.3. The van der Waals surface area contributed by atoms with Gasteiger partial charge in [-0.25, -0.2) is 9.97 Å². The average molecular weight is 295 g/mol. The first-order chi connectivity index (χ1) is 10.3. The molecular formula is C13H21N5O3. The van der Waals surface area contributed by atoms with Crippen molar-refractivity contribution in [3.05, 3.63) is 6.33 Å². The van der Waals surface area contributed by atoms with E-state index in [-0.39, 0.29) is 5.91 Å². The zero-order chi connectivity index (χ0) is 15.1. The Morgan fingerprint density at radius 1 is 1.38 bits per heavy atom. The number of nitrogens with one attached hydrogen (secondary N) is 2. The largest absolute Gasteiger partial charge is 0.490 e. The number of aromatic nitrogens is 2. The maximum absolute atomic E-state index is 12.0. The Kier molecular flexibility index (Phi) is 5.56. The number of hydrogen-bond donors (Lipinski definition) is 2. The molecule has 2 heterocycles. The molecule has 1 aliphatic rings. The maximum Gasteiger partial charge on any atom is 0.224 e. The highest BCUT2D eigenvalue weighted by Crippen LogP contribution is 2.28. The minimum absolute atomic E-state index is 0.118. The fourth-order valence-electron chi connectivity index (χ4n) is 2.13. The lowest BCUT2D eigenvalue weighted by molar-refractivity contribution is -0.134. The lowest BCUT2D eigenvalue weighted by atomic mass is 10.3. The van der Waals surface area contributed by atoms with Crippen LogP contribution in [0.2, 0.25) is 0 Å². The van der Waals surface area contributed by atoms with E-state index in [1.165, 1.54) is 6.33 Å². The van der Waals surface area contributed by atoms with Gasteiger partial charge in [0.25, 0.3) is 0 Å². The second-order valence-electron chi connectivity index (χ2n) is 4.52. The van der Waals surface area contributed by atoms with Gasteiger partial charge in [0.05, 0.1) is 20.3 Å². The Bertz CT molecular complexity index is 477. The predicted octanol–water partition coefficient (Wildman–Crippen LogP) is 0.188. The number of carbonyl (C=O) groups excluding carboxylic acids is 1. The number of anilines is 2. The summed E-state index contributed by atoms with van der Waals surface area (Å²) in [6, 6.07) is 0. The van der Waals surface area contributed by atoms with E-state index < -0.39 is 0 Å². The van der Waals surface area contributed by atoms with Crippen LogP contribution in [0.3, 0.4) is 0 Å². The normalized spacial score (nSPS) is 14.7. The fourth-order valence-corrected chi connectivity index (χ4v) is 2.13. The van der Waals surface area contributed by atoms with Crippen molar-refractivity contribution in [1.29, 1.82) is 0 Å². The Morgan fingerprint density at radius 2 is 2.10 bits per heavy atom. The molecule has 0 unspecified atom stereocenters. The van der Waals surface area contributed by atoms with Crippen molar-refractivity contribution in [2.45, 2.75) is 6.42 Å². The summed E-state index contributed by atoms with van der Waals surface area (Å²) in [5.74, 6) is 1.84. The molecular weight excluding hydrogens is 274 g/mol. The summed E-state index contributed by atoms with van der Waals surface area (Å²) >= 11 is 0. The van der Waals surface area contributed by atoms with Crippen LogP contribution in [0.15, 0.2) is 6.33 Å². The molecule has 8 nitrogen and oxygen atoms in total. The SMILES string of the molecule is CNc1ncnc(NCCC(=O)N2CCOCC2)c1OC. The van der Waals surface area contributed by atoms with Gasteiger partial charge in [-0.15, -0.1) is 0 Å². The van der Waals surface area contributed by atoms with Crippen LogP contribution in [-0.2, 0) is 9.53 Å². The molecule has 0 saturated carbocycles. The Morgan fingerprint density at radius 3 is 2.76 bits per heavy atom. The average Bonchev–Trinajstić information content (AvgIpc) is 2.55. The third kappa shape index (κ3) is 3.94. The minimum Gasteiger partial charge on any atom is -0.490 e. The van der Waals surface area contributed by atoms with Crippen LogP contribution < -0.4 is 15.4 Å². The molecule has 0 aliphatic carbocycles. The molecule has 116 valence electrons. The number of nitrogens with zero attached hydrogens (tertiary/aromatic N) is 3. The van der Waals surface area contributed by atoms with Crippen LogP contribution in [0.25, 0.3) is 0 Å². The standard InChI is InChI=1S/C13H21N5O3/c1-14-12-11(20-2)13(17-9-16-12)15-4-3-10(19)18-5-7-21-8-6-18/h9H,3-8H2,1-2H3,(H2,14,15,16,17). The zero-order valence-corrected chi connectivity index (χ0v) is 12.4. The molecule has 2 N–H and O–H groups in total. The molecule has 1 saturated heterocycles. The quantitative estimate of drug-likeness (QED) is 0.774. The lowest BCUT2D eigenvalue weighted by Crippen LogP contribution is -2.41. The number of amides is 1. The zero-order valence-electron chi connectivity index (χ0n) is 12.4. The molecule has 0 spiro atoms. The summed E-state index contributed by atoms with van der Waals surface area (Å²) in [5, 5.41) is 6.05. The highest BCUT2D eigenvalue weighted by molar-refractivity contribution is 5.77. The highest BCUT2D eigenvalue weighted by Gasteiger charge is 2.17. The van der Waals surface area contributed by atoms with Gasteiger partial charge >= 0.3 is 0 Å². The van der Waals surface area contributed by atoms with Gasteiger partial charge in [0.15, 0.2) is 11.6 Å². The van der Waals surface area contributed by atoms with Crippen molar-refractivity contribution in [1.82, 2.24) is 14.9 Å². The Hall–Kier alpha value is -2.09. The first-order valence-corrected chi connectivity index (χ1v) is 6.92. The third-order valence-electron chi connectivity index (χ3n) is 3.24. The van der Waals surface area contributed by atoms with Crippen molar-refractivity contribution >= 4 is 17.5 Å². The molecule has 0 atom stereocenters. The van der Waals surface area contributed by atoms with Crippen LogP contribution >= 0.6 is 0 Å². The summed E-state index contributed by atoms with van der Waals surface area (Å²) in [5.41, 5.74) is 0. The fraction of sp³-hybridized carbons (Fsp3) is 0.615. The summed E-state index contributed by atoms with van der Waals surface area (Å²) in [4.78, 5) is 22.0. The van der Waals surface area contributed by atoms with E-state index in [0.29, 0.717) is 56.7 Å². The van der Waals surface area contributed by atoms with Crippen molar-refractivity contribution in [3.63, 3.8) is 0 Å². The van der Waals surface area contributed by atoms with Gasteiger partial charge in [-0.3, -0.25) is 4.79 Å². The minimum atomic E-state index is 0.118. The summed E-state index contributed by atoms with van der Waals surface area (Å²) in [7, 11) is 3.32. The monoisotopic (exact) mass is 295 g/mol. The van der Waals surface area contributed by atoms with Crippen LogP contribution in [0.5, 0.6) is 5.75 Å². The van der Waals surface area contributed by atoms with E-state index in [1.54, 1.807) is 14.2 Å². The molecule has 1 aromatic heterocycles. The Labute approximate surface area is 123 Å². The van der Waals surface area contributed by atoms with Crippen LogP contribution in [0.4, 0.5) is 11.6 Å². The van der Waals surface area contributed by atoms with Crippen molar-refractivity contribution < 1.29 is 14.3 Å². The molecule has 2 rings (SSSR count). The molecule has 1 aromatic rings. The lowest BCUT2D eigenvalue weighted by Gasteiger charge is -2.26. The van der Waals surface area contributed by atoms with E-state index in [0.717, 1.165) is 0 Å². The van der Waals surface area contributed by atoms with Crippen molar-refractivity contribution in [2.24, 2.45) is 0 Å². The van der Waals surface area contributed by atoms with E-state index >= 15 is 0 Å². The molecule has 8 heteroatoms. The second-order valence-corrected chi connectivity index (χ2v) is 4.52. The van der Waals surface area contributed by atoms with E-state index in [4.69, 9.17) is 9.47 Å². The molecule has 1 fully saturated rings. The smallest absolute Gasteiger partial charge is 0.224 e. The molecule has 1 amide bonds. The summed E-state index contributed by atoms with van der Waals surface area (Å²) in [6.07, 6.45) is 1.85. The number of rotatable bonds is 6. The topological polar surface area (TPSA) is 88.6 Å². The van der Waals surface area contributed by atoms with E-state index in [9.17, 15) is 4.79 Å². The van der Waals surface area contributed by atoms with Gasteiger partial charge in [0.1, 0.15) is 6.33 Å². The highest BCUT2D eigenvalue weighted by atomic mass is 16.5. The van der Waals surface area contributed by atoms with Crippen LogP contribution in [-0.4, -0.2) is 67.8 Å². The number of morpholine rings is 1. The predicted molar refractivity (Wildman–Crippen MR) is 78.6 cm³/mol. The van der Waals surface area contributed by atoms with Gasteiger partial charge in [-0.1, -0.05) is 0 Å².